The Morgan fingerprint density at radius 2 is 0.889 bits per heavy atom. The molecule has 0 amide bonds. The van der Waals surface area contributed by atoms with E-state index >= 15 is 0 Å². The molecule has 0 saturated heterocycles. The average molecular weight is 417 g/mol. The maximum absolute atomic E-state index is 2.34. The molecular formula is C24H32S3. The topological polar surface area (TPSA) is 0 Å². The largest absolute Gasteiger partial charge is 0.139 e. The van der Waals surface area contributed by atoms with Crippen LogP contribution in [0.15, 0.2) is 36.4 Å². The Bertz CT molecular complexity index is 725. The highest BCUT2D eigenvalue weighted by molar-refractivity contribution is 7.26. The van der Waals surface area contributed by atoms with Crippen LogP contribution in [-0.4, -0.2) is 0 Å². The van der Waals surface area contributed by atoms with Crippen molar-refractivity contribution >= 4 is 34.0 Å². The van der Waals surface area contributed by atoms with Crippen molar-refractivity contribution in [2.75, 3.05) is 0 Å². The SMILES string of the molecule is CCCCCCc1ccc(-c2ccc(-c3ccc(CCCCCC)s3)s2)s1. The summed E-state index contributed by atoms with van der Waals surface area (Å²) in [6.07, 6.45) is 13.3. The van der Waals surface area contributed by atoms with Crippen LogP contribution in [0.3, 0.4) is 0 Å². The molecule has 27 heavy (non-hydrogen) atoms. The minimum absolute atomic E-state index is 1.25. The molecule has 0 aliphatic carbocycles. The van der Waals surface area contributed by atoms with E-state index in [1.807, 2.05) is 34.0 Å². The van der Waals surface area contributed by atoms with Crippen LogP contribution in [0.1, 0.15) is 75.0 Å². The van der Waals surface area contributed by atoms with Crippen LogP contribution in [0.25, 0.3) is 19.5 Å². The molecule has 0 unspecified atom stereocenters. The van der Waals surface area contributed by atoms with E-state index in [2.05, 4.69) is 50.2 Å². The van der Waals surface area contributed by atoms with Crippen molar-refractivity contribution in [1.29, 1.82) is 0 Å². The second-order valence-corrected chi connectivity index (χ2v) is 10.7. The quantitative estimate of drug-likeness (QED) is 0.258. The molecule has 0 spiro atoms. The van der Waals surface area contributed by atoms with Gasteiger partial charge in [-0.2, -0.15) is 0 Å². The molecule has 0 bridgehead atoms. The van der Waals surface area contributed by atoms with Crippen LogP contribution in [0.5, 0.6) is 0 Å². The standard InChI is InChI=1S/C24H32S3/c1-3-5-7-9-11-19-13-15-21(25-19)23-17-18-24(27-23)22-16-14-20(26-22)12-10-8-6-4-2/h13-18H,3-12H2,1-2H3. The summed E-state index contributed by atoms with van der Waals surface area (Å²) in [6.45, 7) is 4.56. The Hall–Kier alpha value is -0.900. The molecule has 3 rings (SSSR count). The lowest BCUT2D eigenvalue weighted by atomic mass is 10.1. The Morgan fingerprint density at radius 1 is 0.481 bits per heavy atom. The number of thiophene rings is 3. The fourth-order valence-electron chi connectivity index (χ4n) is 3.34. The minimum Gasteiger partial charge on any atom is -0.139 e. The Kier molecular flexibility index (Phi) is 8.63. The van der Waals surface area contributed by atoms with Gasteiger partial charge in [0.15, 0.2) is 0 Å². The molecule has 0 aromatic carbocycles. The highest BCUT2D eigenvalue weighted by atomic mass is 32.1. The van der Waals surface area contributed by atoms with E-state index in [0.717, 1.165) is 0 Å². The van der Waals surface area contributed by atoms with Gasteiger partial charge in [0.25, 0.3) is 0 Å². The monoisotopic (exact) mass is 416 g/mol. The second kappa shape index (κ2) is 11.2. The summed E-state index contributed by atoms with van der Waals surface area (Å²) in [5.74, 6) is 0. The fourth-order valence-corrected chi connectivity index (χ4v) is 6.63. The first kappa shape index (κ1) is 20.8. The van der Waals surface area contributed by atoms with Gasteiger partial charge in [0.2, 0.25) is 0 Å². The van der Waals surface area contributed by atoms with E-state index in [4.69, 9.17) is 0 Å². The summed E-state index contributed by atoms with van der Waals surface area (Å²) in [7, 11) is 0. The van der Waals surface area contributed by atoms with Crippen LogP contribution >= 0.6 is 34.0 Å². The van der Waals surface area contributed by atoms with E-state index < -0.39 is 0 Å². The zero-order valence-corrected chi connectivity index (χ0v) is 19.2. The third-order valence-corrected chi connectivity index (χ3v) is 8.74. The first-order valence-corrected chi connectivity index (χ1v) is 13.0. The van der Waals surface area contributed by atoms with E-state index in [-0.39, 0.29) is 0 Å². The molecule has 146 valence electrons. The summed E-state index contributed by atoms with van der Waals surface area (Å²) in [4.78, 5) is 8.81. The highest BCUT2D eigenvalue weighted by Crippen LogP contribution is 2.40. The van der Waals surface area contributed by atoms with E-state index in [9.17, 15) is 0 Å². The van der Waals surface area contributed by atoms with Crippen molar-refractivity contribution in [2.45, 2.75) is 78.1 Å². The lowest BCUT2D eigenvalue weighted by molar-refractivity contribution is 0.670. The van der Waals surface area contributed by atoms with Gasteiger partial charge in [-0.3, -0.25) is 0 Å². The van der Waals surface area contributed by atoms with Gasteiger partial charge >= 0.3 is 0 Å². The maximum Gasteiger partial charge on any atom is 0.0449 e. The summed E-state index contributed by atoms with van der Waals surface area (Å²) in [5.41, 5.74) is 0. The number of hydrogen-bond donors (Lipinski definition) is 0. The first-order valence-electron chi connectivity index (χ1n) is 10.6. The minimum atomic E-state index is 1.25. The summed E-state index contributed by atoms with van der Waals surface area (Å²) in [5, 5.41) is 0. The van der Waals surface area contributed by atoms with E-state index in [1.54, 1.807) is 9.75 Å². The smallest absolute Gasteiger partial charge is 0.0449 e. The molecule has 0 aliphatic heterocycles. The molecule has 0 radical (unpaired) electrons. The van der Waals surface area contributed by atoms with Gasteiger partial charge in [-0.15, -0.1) is 34.0 Å². The first-order chi connectivity index (χ1) is 13.3. The zero-order chi connectivity index (χ0) is 18.9. The molecule has 0 N–H and O–H groups in total. The third-order valence-electron chi connectivity index (χ3n) is 4.97. The summed E-state index contributed by atoms with van der Waals surface area (Å²) in [6, 6.07) is 13.9. The molecule has 3 heterocycles. The molecule has 0 nitrogen and oxygen atoms in total. The normalized spacial score (nSPS) is 11.3. The van der Waals surface area contributed by atoms with Crippen LogP contribution in [0.4, 0.5) is 0 Å². The van der Waals surface area contributed by atoms with Gasteiger partial charge in [-0.1, -0.05) is 52.4 Å². The van der Waals surface area contributed by atoms with Gasteiger partial charge in [0.05, 0.1) is 0 Å². The summed E-state index contributed by atoms with van der Waals surface area (Å²) < 4.78 is 0. The predicted molar refractivity (Wildman–Crippen MR) is 127 cm³/mol. The van der Waals surface area contributed by atoms with Gasteiger partial charge in [-0.25, -0.2) is 0 Å². The lowest BCUT2D eigenvalue weighted by Gasteiger charge is -1.97. The van der Waals surface area contributed by atoms with E-state index in [1.165, 1.54) is 83.7 Å². The molecule has 0 saturated carbocycles. The molecular weight excluding hydrogens is 384 g/mol. The van der Waals surface area contributed by atoms with Crippen molar-refractivity contribution in [3.63, 3.8) is 0 Å². The number of hydrogen-bond acceptors (Lipinski definition) is 3. The zero-order valence-electron chi connectivity index (χ0n) is 16.8. The number of rotatable bonds is 12. The average Bonchev–Trinajstić information content (AvgIpc) is 3.42. The van der Waals surface area contributed by atoms with Gasteiger partial charge < -0.3 is 0 Å². The van der Waals surface area contributed by atoms with Crippen molar-refractivity contribution < 1.29 is 0 Å². The van der Waals surface area contributed by atoms with Gasteiger partial charge in [0.1, 0.15) is 0 Å². The highest BCUT2D eigenvalue weighted by Gasteiger charge is 2.10. The fraction of sp³-hybridized carbons (Fsp3) is 0.500. The van der Waals surface area contributed by atoms with Crippen LogP contribution in [0, 0.1) is 0 Å². The molecule has 0 aliphatic rings. The Morgan fingerprint density at radius 3 is 1.33 bits per heavy atom. The maximum atomic E-state index is 2.34. The van der Waals surface area contributed by atoms with Gasteiger partial charge in [0, 0.05) is 29.3 Å². The van der Waals surface area contributed by atoms with Crippen LogP contribution in [0.2, 0.25) is 0 Å². The third kappa shape index (κ3) is 6.30. The molecule has 3 heteroatoms. The predicted octanol–water partition coefficient (Wildman–Crippen LogP) is 9.45. The Balaban J connectivity index is 1.57. The lowest BCUT2D eigenvalue weighted by Crippen LogP contribution is -1.80. The van der Waals surface area contributed by atoms with Crippen molar-refractivity contribution in [3.05, 3.63) is 46.2 Å². The van der Waals surface area contributed by atoms with Crippen LogP contribution in [-0.2, 0) is 12.8 Å². The molecule has 0 atom stereocenters. The second-order valence-electron chi connectivity index (χ2n) is 7.32. The van der Waals surface area contributed by atoms with Crippen LogP contribution < -0.4 is 0 Å². The molecule has 3 aromatic rings. The number of unbranched alkanes of at least 4 members (excludes halogenated alkanes) is 6. The molecule has 3 aromatic heterocycles. The number of aryl methyl sites for hydroxylation is 2. The van der Waals surface area contributed by atoms with Gasteiger partial charge in [-0.05, 0) is 62.1 Å². The van der Waals surface area contributed by atoms with E-state index in [0.29, 0.717) is 0 Å². The summed E-state index contributed by atoms with van der Waals surface area (Å²) >= 11 is 5.93. The Labute approximate surface area is 177 Å². The molecule has 0 fully saturated rings. The van der Waals surface area contributed by atoms with Crippen molar-refractivity contribution in [3.8, 4) is 19.5 Å². The van der Waals surface area contributed by atoms with Crippen molar-refractivity contribution in [2.24, 2.45) is 0 Å². The van der Waals surface area contributed by atoms with Crippen molar-refractivity contribution in [1.82, 2.24) is 0 Å².